The Kier molecular flexibility index (Phi) is 7.51. The number of esters is 2. The molecule has 182 valence electrons. The lowest BCUT2D eigenvalue weighted by Gasteiger charge is -2.22. The summed E-state index contributed by atoms with van der Waals surface area (Å²) in [5.74, 6) is -1.24. The number of methoxy groups -OCH3 is 1. The number of nitrogen functional groups attached to an aromatic ring is 1. The number of ether oxygens (including phenoxy) is 2. The molecule has 0 saturated carbocycles. The normalized spacial score (nSPS) is 15.5. The van der Waals surface area contributed by atoms with Gasteiger partial charge in [-0.3, -0.25) is 4.79 Å². The molecule has 0 bridgehead atoms. The van der Waals surface area contributed by atoms with Gasteiger partial charge in [0.25, 0.3) is 5.91 Å². The maximum atomic E-state index is 13.1. The van der Waals surface area contributed by atoms with Crippen LogP contribution in [0, 0.1) is 0 Å². The highest BCUT2D eigenvalue weighted by Gasteiger charge is 2.32. The van der Waals surface area contributed by atoms with Crippen molar-refractivity contribution in [3.63, 3.8) is 0 Å². The van der Waals surface area contributed by atoms with Crippen molar-refractivity contribution in [1.29, 1.82) is 0 Å². The molecule has 7 nitrogen and oxygen atoms in total. The fourth-order valence-electron chi connectivity index (χ4n) is 4.33. The van der Waals surface area contributed by atoms with Crippen LogP contribution in [-0.2, 0) is 27.1 Å². The lowest BCUT2D eigenvalue weighted by Crippen LogP contribution is -2.32. The summed E-state index contributed by atoms with van der Waals surface area (Å²) in [4.78, 5) is 39.3. The van der Waals surface area contributed by atoms with Crippen molar-refractivity contribution in [1.82, 2.24) is 0 Å². The molecule has 1 aliphatic rings. The lowest BCUT2D eigenvalue weighted by atomic mass is 9.83. The Balaban J connectivity index is 1.54. The van der Waals surface area contributed by atoms with Crippen LogP contribution in [0.4, 0.5) is 10.7 Å². The number of hydrogen-bond donors (Lipinski definition) is 2. The number of carbonyl (C=O) groups is 3. The molecule has 4 rings (SSSR count). The van der Waals surface area contributed by atoms with E-state index in [0.29, 0.717) is 27.7 Å². The quantitative estimate of drug-likeness (QED) is 0.356. The van der Waals surface area contributed by atoms with E-state index in [9.17, 15) is 14.4 Å². The average Bonchev–Trinajstić information content (AvgIpc) is 3.24. The predicted octanol–water partition coefficient (Wildman–Crippen LogP) is 4.96. The second-order valence-corrected chi connectivity index (χ2v) is 9.57. The standard InChI is InChI=1S/C27H28N2O5S/c1-3-21(34-26(31)17-9-12-19(28)13-10-17)24(30)29-25-23(27(32)33-2)20-14-11-18(15-22(20)35-25)16-7-5-4-6-8-16/h4-10,12-13,18,21H,3,11,14-15,28H2,1-2H3,(H,29,30). The van der Waals surface area contributed by atoms with Gasteiger partial charge in [-0.15, -0.1) is 11.3 Å². The molecule has 1 aromatic heterocycles. The number of benzene rings is 2. The minimum Gasteiger partial charge on any atom is -0.465 e. The number of nitrogens with one attached hydrogen (secondary N) is 1. The number of fused-ring (bicyclic) bond motifs is 1. The van der Waals surface area contributed by atoms with Gasteiger partial charge in [-0.2, -0.15) is 0 Å². The van der Waals surface area contributed by atoms with Gasteiger partial charge in [0.05, 0.1) is 18.2 Å². The molecule has 0 radical (unpaired) electrons. The third-order valence-corrected chi connectivity index (χ3v) is 7.39. The van der Waals surface area contributed by atoms with Crippen LogP contribution in [0.1, 0.15) is 62.4 Å². The second-order valence-electron chi connectivity index (χ2n) is 8.46. The van der Waals surface area contributed by atoms with Crippen molar-refractivity contribution in [2.24, 2.45) is 0 Å². The highest BCUT2D eigenvalue weighted by Crippen LogP contribution is 2.42. The molecule has 3 N–H and O–H groups in total. The molecule has 0 fully saturated rings. The number of nitrogens with two attached hydrogens (primary N) is 1. The first kappa shape index (κ1) is 24.5. The van der Waals surface area contributed by atoms with Gasteiger partial charge in [-0.05, 0) is 67.0 Å². The highest BCUT2D eigenvalue weighted by atomic mass is 32.1. The highest BCUT2D eigenvalue weighted by molar-refractivity contribution is 7.17. The maximum absolute atomic E-state index is 13.1. The Bertz CT molecular complexity index is 1220. The van der Waals surface area contributed by atoms with Gasteiger partial charge in [0.2, 0.25) is 0 Å². The minimum atomic E-state index is -1.01. The van der Waals surface area contributed by atoms with Crippen molar-refractivity contribution >= 4 is 39.9 Å². The van der Waals surface area contributed by atoms with E-state index in [1.54, 1.807) is 31.2 Å². The Morgan fingerprint density at radius 2 is 1.80 bits per heavy atom. The van der Waals surface area contributed by atoms with Gasteiger partial charge in [0.1, 0.15) is 5.00 Å². The Morgan fingerprint density at radius 1 is 1.09 bits per heavy atom. The third-order valence-electron chi connectivity index (χ3n) is 6.22. The number of carbonyl (C=O) groups excluding carboxylic acids is 3. The van der Waals surface area contributed by atoms with E-state index < -0.39 is 23.9 Å². The number of anilines is 2. The van der Waals surface area contributed by atoms with Crippen molar-refractivity contribution in [3.8, 4) is 0 Å². The number of thiophene rings is 1. The molecule has 3 aromatic rings. The zero-order chi connectivity index (χ0) is 24.9. The lowest BCUT2D eigenvalue weighted by molar-refractivity contribution is -0.124. The van der Waals surface area contributed by atoms with Gasteiger partial charge >= 0.3 is 11.9 Å². The van der Waals surface area contributed by atoms with Gasteiger partial charge in [0, 0.05) is 10.6 Å². The number of rotatable bonds is 7. The molecule has 1 aliphatic carbocycles. The molecule has 0 saturated heterocycles. The fraction of sp³-hybridized carbons (Fsp3) is 0.296. The second kappa shape index (κ2) is 10.7. The SMILES string of the molecule is CCC(OC(=O)c1ccc(N)cc1)C(=O)Nc1sc2c(c1C(=O)OC)CCC(c1ccccc1)C2. The fourth-order valence-corrected chi connectivity index (χ4v) is 5.65. The van der Waals surface area contributed by atoms with Crippen LogP contribution in [-0.4, -0.2) is 31.1 Å². The number of amides is 1. The first-order chi connectivity index (χ1) is 16.9. The molecule has 2 aromatic carbocycles. The summed E-state index contributed by atoms with van der Waals surface area (Å²) in [6, 6.07) is 16.6. The molecule has 1 amide bonds. The third kappa shape index (κ3) is 5.38. The van der Waals surface area contributed by atoms with Crippen molar-refractivity contribution < 1.29 is 23.9 Å². The smallest absolute Gasteiger partial charge is 0.341 e. The zero-order valence-electron chi connectivity index (χ0n) is 19.7. The maximum Gasteiger partial charge on any atom is 0.341 e. The van der Waals surface area contributed by atoms with Gasteiger partial charge in [-0.1, -0.05) is 37.3 Å². The van der Waals surface area contributed by atoms with Crippen LogP contribution in [0.5, 0.6) is 0 Å². The van der Waals surface area contributed by atoms with E-state index in [-0.39, 0.29) is 6.42 Å². The molecule has 2 unspecified atom stereocenters. The summed E-state index contributed by atoms with van der Waals surface area (Å²) in [5.41, 5.74) is 9.08. The molecule has 0 aliphatic heterocycles. The molecular weight excluding hydrogens is 464 g/mol. The van der Waals surface area contributed by atoms with Crippen LogP contribution in [0.15, 0.2) is 54.6 Å². The predicted molar refractivity (Wildman–Crippen MR) is 136 cm³/mol. The summed E-state index contributed by atoms with van der Waals surface area (Å²) < 4.78 is 10.5. The zero-order valence-corrected chi connectivity index (χ0v) is 20.5. The van der Waals surface area contributed by atoms with Crippen LogP contribution >= 0.6 is 11.3 Å². The Morgan fingerprint density at radius 3 is 2.46 bits per heavy atom. The minimum absolute atomic E-state index is 0.279. The first-order valence-corrected chi connectivity index (χ1v) is 12.4. The van der Waals surface area contributed by atoms with Crippen LogP contribution in [0.2, 0.25) is 0 Å². The monoisotopic (exact) mass is 492 g/mol. The summed E-state index contributed by atoms with van der Waals surface area (Å²) in [6.45, 7) is 1.76. The molecule has 1 heterocycles. The largest absolute Gasteiger partial charge is 0.465 e. The van der Waals surface area contributed by atoms with Gasteiger partial charge in [0.15, 0.2) is 6.10 Å². The van der Waals surface area contributed by atoms with E-state index in [1.165, 1.54) is 24.0 Å². The molecular formula is C27H28N2O5S. The van der Waals surface area contributed by atoms with Gasteiger partial charge in [-0.25, -0.2) is 9.59 Å². The summed E-state index contributed by atoms with van der Waals surface area (Å²) in [7, 11) is 1.33. The van der Waals surface area contributed by atoms with E-state index in [0.717, 1.165) is 29.7 Å². The topological polar surface area (TPSA) is 108 Å². The Labute approximate surface area is 208 Å². The van der Waals surface area contributed by atoms with E-state index in [1.807, 2.05) is 18.2 Å². The van der Waals surface area contributed by atoms with Gasteiger partial charge < -0.3 is 20.5 Å². The first-order valence-electron chi connectivity index (χ1n) is 11.6. The summed E-state index contributed by atoms with van der Waals surface area (Å²) in [6.07, 6.45) is 1.67. The van der Waals surface area contributed by atoms with Crippen molar-refractivity contribution in [2.75, 3.05) is 18.2 Å². The van der Waals surface area contributed by atoms with Crippen LogP contribution < -0.4 is 11.1 Å². The Hall–Kier alpha value is -3.65. The summed E-state index contributed by atoms with van der Waals surface area (Å²) in [5, 5.41) is 3.27. The number of hydrogen-bond acceptors (Lipinski definition) is 7. The van der Waals surface area contributed by atoms with Crippen LogP contribution in [0.3, 0.4) is 0 Å². The molecule has 35 heavy (non-hydrogen) atoms. The molecule has 8 heteroatoms. The average molecular weight is 493 g/mol. The van der Waals surface area contributed by atoms with E-state index >= 15 is 0 Å². The van der Waals surface area contributed by atoms with Crippen LogP contribution in [0.25, 0.3) is 0 Å². The molecule has 0 spiro atoms. The molecule has 2 atom stereocenters. The van der Waals surface area contributed by atoms with Crippen molar-refractivity contribution in [2.45, 2.75) is 44.6 Å². The summed E-state index contributed by atoms with van der Waals surface area (Å²) >= 11 is 1.39. The van der Waals surface area contributed by atoms with E-state index in [2.05, 4.69) is 17.4 Å². The van der Waals surface area contributed by atoms with E-state index in [4.69, 9.17) is 15.2 Å². The van der Waals surface area contributed by atoms with Crippen molar-refractivity contribution in [3.05, 3.63) is 81.7 Å².